The Bertz CT molecular complexity index is 519. The van der Waals surface area contributed by atoms with Gasteiger partial charge in [0.15, 0.2) is 5.82 Å². The van der Waals surface area contributed by atoms with Crippen LogP contribution in [0.2, 0.25) is 0 Å². The van der Waals surface area contributed by atoms with Crippen molar-refractivity contribution in [2.45, 2.75) is 43.7 Å². The molecular weight excluding hydrogens is 283 g/mol. The van der Waals surface area contributed by atoms with Gasteiger partial charge in [0.2, 0.25) is 5.95 Å². The Morgan fingerprint density at radius 2 is 1.95 bits per heavy atom. The van der Waals surface area contributed by atoms with Gasteiger partial charge in [-0.25, -0.2) is 14.4 Å². The Hall–Kier alpha value is -1.27. The first-order valence-corrected chi connectivity index (χ1v) is 8.35. The highest BCUT2D eigenvalue weighted by molar-refractivity contribution is 5.32. The zero-order valence-corrected chi connectivity index (χ0v) is 12.9. The largest absolute Gasteiger partial charge is 0.373 e. The minimum Gasteiger partial charge on any atom is -0.373 e. The van der Waals surface area contributed by atoms with Gasteiger partial charge >= 0.3 is 0 Å². The summed E-state index contributed by atoms with van der Waals surface area (Å²) >= 11 is 0. The molecule has 120 valence electrons. The fourth-order valence-corrected chi connectivity index (χ4v) is 4.19. The molecule has 5 nitrogen and oxygen atoms in total. The number of hydrogen-bond acceptors (Lipinski definition) is 5. The lowest BCUT2D eigenvalue weighted by molar-refractivity contribution is -0.0897. The van der Waals surface area contributed by atoms with Crippen molar-refractivity contribution in [2.75, 3.05) is 37.7 Å². The Morgan fingerprint density at radius 3 is 2.73 bits per heavy atom. The van der Waals surface area contributed by atoms with Crippen LogP contribution in [0.4, 0.5) is 10.3 Å². The van der Waals surface area contributed by atoms with E-state index in [2.05, 4.69) is 19.8 Å². The predicted molar refractivity (Wildman–Crippen MR) is 81.3 cm³/mol. The lowest BCUT2D eigenvalue weighted by atomic mass is 9.89. The Morgan fingerprint density at radius 1 is 1.18 bits per heavy atom. The standard InChI is InChI=1S/C16H23FN4O/c17-13-10-18-15(19-11-13)21-7-4-16(12-21)9-14(3-8-22-16)20-5-1-2-6-20/h10-11,14H,1-9,12H2/t14-,16-/m1/s1. The number of anilines is 1. The van der Waals surface area contributed by atoms with E-state index in [0.29, 0.717) is 12.0 Å². The van der Waals surface area contributed by atoms with E-state index in [1.165, 1.54) is 38.3 Å². The molecule has 3 fully saturated rings. The molecule has 22 heavy (non-hydrogen) atoms. The molecule has 4 rings (SSSR count). The molecule has 0 amide bonds. The molecule has 0 aromatic carbocycles. The zero-order chi connectivity index (χ0) is 15.0. The third kappa shape index (κ3) is 2.70. The maximum Gasteiger partial charge on any atom is 0.225 e. The van der Waals surface area contributed by atoms with Crippen LogP contribution in [0.5, 0.6) is 0 Å². The molecule has 0 N–H and O–H groups in total. The Balaban J connectivity index is 1.44. The maximum absolute atomic E-state index is 13.0. The molecular formula is C16H23FN4O. The van der Waals surface area contributed by atoms with E-state index in [4.69, 9.17) is 4.74 Å². The second-order valence-corrected chi connectivity index (χ2v) is 6.79. The predicted octanol–water partition coefficient (Wildman–Crippen LogP) is 1.84. The van der Waals surface area contributed by atoms with Crippen molar-refractivity contribution in [1.29, 1.82) is 0 Å². The number of likely N-dealkylation sites (tertiary alicyclic amines) is 1. The van der Waals surface area contributed by atoms with Crippen molar-refractivity contribution in [3.05, 3.63) is 18.2 Å². The van der Waals surface area contributed by atoms with Gasteiger partial charge in [-0.05, 0) is 45.2 Å². The number of ether oxygens (including phenoxy) is 1. The van der Waals surface area contributed by atoms with Gasteiger partial charge in [0.05, 0.1) is 18.0 Å². The van der Waals surface area contributed by atoms with Crippen LogP contribution in [0.15, 0.2) is 12.4 Å². The molecule has 0 unspecified atom stereocenters. The summed E-state index contributed by atoms with van der Waals surface area (Å²) < 4.78 is 19.2. The van der Waals surface area contributed by atoms with E-state index in [-0.39, 0.29) is 11.4 Å². The monoisotopic (exact) mass is 306 g/mol. The van der Waals surface area contributed by atoms with Gasteiger partial charge in [0.1, 0.15) is 0 Å². The summed E-state index contributed by atoms with van der Waals surface area (Å²) in [5.74, 6) is 0.228. The molecule has 0 saturated carbocycles. The quantitative estimate of drug-likeness (QED) is 0.834. The lowest BCUT2D eigenvalue weighted by Gasteiger charge is -2.41. The van der Waals surface area contributed by atoms with E-state index in [0.717, 1.165) is 39.0 Å². The summed E-state index contributed by atoms with van der Waals surface area (Å²) in [6, 6.07) is 0.658. The second-order valence-electron chi connectivity index (χ2n) is 6.79. The number of hydrogen-bond donors (Lipinski definition) is 0. The van der Waals surface area contributed by atoms with Gasteiger partial charge in [-0.15, -0.1) is 0 Å². The normalized spacial score (nSPS) is 33.0. The zero-order valence-electron chi connectivity index (χ0n) is 12.9. The van der Waals surface area contributed by atoms with Crippen molar-refractivity contribution in [2.24, 2.45) is 0 Å². The van der Waals surface area contributed by atoms with E-state index in [9.17, 15) is 4.39 Å². The number of aromatic nitrogens is 2. The van der Waals surface area contributed by atoms with Crippen LogP contribution in [0, 0.1) is 5.82 Å². The Labute approximate surface area is 130 Å². The smallest absolute Gasteiger partial charge is 0.225 e. The number of halogens is 1. The molecule has 6 heteroatoms. The SMILES string of the molecule is Fc1cnc(N2CC[C@@]3(C[C@H](N4CCCC4)CCO3)C2)nc1. The summed E-state index contributed by atoms with van der Waals surface area (Å²) in [6.07, 6.45) is 8.40. The number of nitrogens with zero attached hydrogens (tertiary/aromatic N) is 4. The highest BCUT2D eigenvalue weighted by Gasteiger charge is 2.45. The van der Waals surface area contributed by atoms with Crippen molar-refractivity contribution in [3.8, 4) is 0 Å². The Kier molecular flexibility index (Phi) is 3.74. The van der Waals surface area contributed by atoms with E-state index in [1.807, 2.05) is 0 Å². The van der Waals surface area contributed by atoms with Crippen molar-refractivity contribution >= 4 is 5.95 Å². The highest BCUT2D eigenvalue weighted by Crippen LogP contribution is 2.37. The average molecular weight is 306 g/mol. The molecule has 4 heterocycles. The lowest BCUT2D eigenvalue weighted by Crippen LogP contribution is -2.49. The topological polar surface area (TPSA) is 41.5 Å². The van der Waals surface area contributed by atoms with E-state index < -0.39 is 0 Å². The van der Waals surface area contributed by atoms with Gasteiger partial charge in [0, 0.05) is 25.7 Å². The van der Waals surface area contributed by atoms with Crippen LogP contribution in [-0.2, 0) is 4.74 Å². The molecule has 0 aliphatic carbocycles. The van der Waals surface area contributed by atoms with E-state index >= 15 is 0 Å². The molecule has 3 saturated heterocycles. The fourth-order valence-electron chi connectivity index (χ4n) is 4.19. The summed E-state index contributed by atoms with van der Waals surface area (Å²) in [4.78, 5) is 13.0. The van der Waals surface area contributed by atoms with Crippen molar-refractivity contribution in [1.82, 2.24) is 14.9 Å². The van der Waals surface area contributed by atoms with Gasteiger partial charge in [-0.1, -0.05) is 0 Å². The molecule has 3 aliphatic rings. The molecule has 1 aromatic rings. The first-order chi connectivity index (χ1) is 10.7. The summed E-state index contributed by atoms with van der Waals surface area (Å²) in [5.41, 5.74) is -0.0662. The third-order valence-electron chi connectivity index (χ3n) is 5.33. The molecule has 2 atom stereocenters. The van der Waals surface area contributed by atoms with Crippen LogP contribution >= 0.6 is 0 Å². The van der Waals surface area contributed by atoms with E-state index in [1.54, 1.807) is 0 Å². The minimum atomic E-state index is -0.388. The van der Waals surface area contributed by atoms with Gasteiger partial charge in [-0.3, -0.25) is 0 Å². The van der Waals surface area contributed by atoms with Crippen LogP contribution in [-0.4, -0.2) is 59.3 Å². The van der Waals surface area contributed by atoms with Crippen LogP contribution in [0.25, 0.3) is 0 Å². The van der Waals surface area contributed by atoms with Gasteiger partial charge in [0.25, 0.3) is 0 Å². The van der Waals surface area contributed by atoms with Crippen LogP contribution < -0.4 is 4.90 Å². The molecule has 0 bridgehead atoms. The van der Waals surface area contributed by atoms with Crippen LogP contribution in [0.1, 0.15) is 32.1 Å². The average Bonchev–Trinajstić information content (AvgIpc) is 3.19. The van der Waals surface area contributed by atoms with Gasteiger partial charge in [-0.2, -0.15) is 0 Å². The minimum absolute atomic E-state index is 0.0662. The second kappa shape index (κ2) is 5.74. The first kappa shape index (κ1) is 14.3. The highest BCUT2D eigenvalue weighted by atomic mass is 19.1. The summed E-state index contributed by atoms with van der Waals surface area (Å²) in [7, 11) is 0. The summed E-state index contributed by atoms with van der Waals surface area (Å²) in [6.45, 7) is 5.04. The molecule has 0 radical (unpaired) electrons. The maximum atomic E-state index is 13.0. The molecule has 3 aliphatic heterocycles. The third-order valence-corrected chi connectivity index (χ3v) is 5.33. The fraction of sp³-hybridized carbons (Fsp3) is 0.750. The number of rotatable bonds is 2. The molecule has 1 aromatic heterocycles. The van der Waals surface area contributed by atoms with Gasteiger partial charge < -0.3 is 14.5 Å². The molecule has 1 spiro atoms. The first-order valence-electron chi connectivity index (χ1n) is 8.35. The summed E-state index contributed by atoms with van der Waals surface area (Å²) in [5, 5.41) is 0. The van der Waals surface area contributed by atoms with Crippen molar-refractivity contribution in [3.63, 3.8) is 0 Å². The van der Waals surface area contributed by atoms with Crippen LogP contribution in [0.3, 0.4) is 0 Å². The van der Waals surface area contributed by atoms with Crippen molar-refractivity contribution < 1.29 is 9.13 Å².